The minimum absolute atomic E-state index is 0.0595. The van der Waals surface area contributed by atoms with Crippen LogP contribution in [0, 0.1) is 0 Å². The molecular formula is C20H21Cl2NO3. The number of halogens is 2. The van der Waals surface area contributed by atoms with Crippen LogP contribution in [0.15, 0.2) is 30.3 Å². The molecule has 1 heterocycles. The van der Waals surface area contributed by atoms with Crippen LogP contribution in [0.4, 0.5) is 0 Å². The Morgan fingerprint density at radius 1 is 1.19 bits per heavy atom. The summed E-state index contributed by atoms with van der Waals surface area (Å²) >= 11 is 12.9. The lowest BCUT2D eigenvalue weighted by Crippen LogP contribution is -2.37. The first-order valence-corrected chi connectivity index (χ1v) is 9.26. The van der Waals surface area contributed by atoms with E-state index in [1.54, 1.807) is 18.1 Å². The molecule has 1 aliphatic heterocycles. The largest absolute Gasteiger partial charge is 0.497 e. The molecule has 1 aliphatic rings. The van der Waals surface area contributed by atoms with E-state index in [2.05, 4.69) is 0 Å². The lowest BCUT2D eigenvalue weighted by molar-refractivity contribution is 0.0726. The number of ether oxygens (including phenoxy) is 2. The first kappa shape index (κ1) is 18.9. The normalized spacial score (nSPS) is 13.8. The number of benzene rings is 2. The summed E-state index contributed by atoms with van der Waals surface area (Å²) in [6.45, 7) is 4.91. The van der Waals surface area contributed by atoms with Gasteiger partial charge in [-0.05, 0) is 43.5 Å². The summed E-state index contributed by atoms with van der Waals surface area (Å²) in [5.74, 6) is 1.11. The van der Waals surface area contributed by atoms with Gasteiger partial charge in [0.2, 0.25) is 0 Å². The summed E-state index contributed by atoms with van der Waals surface area (Å²) in [5, 5.41) is 0.861. The van der Waals surface area contributed by atoms with Crippen LogP contribution >= 0.6 is 23.2 Å². The molecule has 26 heavy (non-hydrogen) atoms. The Balaban J connectivity index is 1.89. The summed E-state index contributed by atoms with van der Waals surface area (Å²) in [5.41, 5.74) is 2.28. The molecule has 0 radical (unpaired) electrons. The number of fused-ring (bicyclic) bond motifs is 1. The number of hydrogen-bond donors (Lipinski definition) is 0. The van der Waals surface area contributed by atoms with Gasteiger partial charge in [0.1, 0.15) is 11.5 Å². The van der Waals surface area contributed by atoms with Crippen molar-refractivity contribution in [2.75, 3.05) is 13.7 Å². The third-order valence-corrected chi connectivity index (χ3v) is 5.02. The van der Waals surface area contributed by atoms with Crippen molar-refractivity contribution in [3.8, 4) is 11.5 Å². The van der Waals surface area contributed by atoms with E-state index < -0.39 is 0 Å². The van der Waals surface area contributed by atoms with Crippen LogP contribution in [-0.4, -0.2) is 30.6 Å². The highest BCUT2D eigenvalue weighted by Crippen LogP contribution is 2.39. The van der Waals surface area contributed by atoms with Crippen molar-refractivity contribution in [3.63, 3.8) is 0 Å². The highest BCUT2D eigenvalue weighted by Gasteiger charge is 2.30. The van der Waals surface area contributed by atoms with Gasteiger partial charge in [0, 0.05) is 24.2 Å². The number of methoxy groups -OCH3 is 1. The molecule has 3 rings (SSSR count). The average Bonchev–Trinajstić information content (AvgIpc) is 2.61. The van der Waals surface area contributed by atoms with Crippen LogP contribution in [0.25, 0.3) is 0 Å². The standard InChI is InChI=1S/C20H21Cl2NO3/c1-12(2)26-17-10-16(21)15-8-9-23(20(24)18(15)19(17)22)11-13-4-6-14(25-3)7-5-13/h4-7,10,12H,8-9,11H2,1-3H3. The fraction of sp³-hybridized carbons (Fsp3) is 0.350. The van der Waals surface area contributed by atoms with E-state index in [0.29, 0.717) is 40.9 Å². The second kappa shape index (κ2) is 7.77. The molecule has 1 amide bonds. The van der Waals surface area contributed by atoms with Crippen LogP contribution in [0.1, 0.15) is 35.3 Å². The summed E-state index contributed by atoms with van der Waals surface area (Å²) in [6, 6.07) is 9.38. The van der Waals surface area contributed by atoms with Crippen LogP contribution in [0.2, 0.25) is 10.0 Å². The molecule has 0 spiro atoms. The van der Waals surface area contributed by atoms with Gasteiger partial charge in [-0.25, -0.2) is 0 Å². The third-order valence-electron chi connectivity index (χ3n) is 4.31. The van der Waals surface area contributed by atoms with E-state index in [1.165, 1.54) is 0 Å². The number of amides is 1. The molecule has 4 nitrogen and oxygen atoms in total. The molecule has 0 saturated carbocycles. The van der Waals surface area contributed by atoms with Crippen LogP contribution < -0.4 is 9.47 Å². The molecule has 0 N–H and O–H groups in total. The Kier molecular flexibility index (Phi) is 5.64. The zero-order chi connectivity index (χ0) is 18.8. The molecule has 2 aromatic rings. The van der Waals surface area contributed by atoms with Crippen LogP contribution in [-0.2, 0) is 13.0 Å². The molecular weight excluding hydrogens is 373 g/mol. The third kappa shape index (κ3) is 3.76. The van der Waals surface area contributed by atoms with E-state index in [-0.39, 0.29) is 12.0 Å². The first-order valence-electron chi connectivity index (χ1n) is 8.50. The maximum atomic E-state index is 13.1. The lowest BCUT2D eigenvalue weighted by atomic mass is 9.97. The highest BCUT2D eigenvalue weighted by atomic mass is 35.5. The molecule has 0 atom stereocenters. The van der Waals surface area contributed by atoms with Gasteiger partial charge < -0.3 is 14.4 Å². The summed E-state index contributed by atoms with van der Waals surface area (Å²) < 4.78 is 10.9. The van der Waals surface area contributed by atoms with Gasteiger partial charge in [-0.15, -0.1) is 0 Å². The Bertz CT molecular complexity index is 819. The number of carbonyl (C=O) groups excluding carboxylic acids is 1. The fourth-order valence-electron chi connectivity index (χ4n) is 3.06. The highest BCUT2D eigenvalue weighted by molar-refractivity contribution is 6.38. The average molecular weight is 394 g/mol. The minimum atomic E-state index is -0.122. The molecule has 0 unspecified atom stereocenters. The molecule has 2 aromatic carbocycles. The smallest absolute Gasteiger partial charge is 0.256 e. The van der Waals surface area contributed by atoms with Crippen molar-refractivity contribution in [1.82, 2.24) is 4.90 Å². The minimum Gasteiger partial charge on any atom is -0.497 e. The predicted molar refractivity (Wildman–Crippen MR) is 104 cm³/mol. The van der Waals surface area contributed by atoms with Gasteiger partial charge in [0.15, 0.2) is 0 Å². The van der Waals surface area contributed by atoms with E-state index >= 15 is 0 Å². The SMILES string of the molecule is COc1ccc(CN2CCc3c(Cl)cc(OC(C)C)c(Cl)c3C2=O)cc1. The Morgan fingerprint density at radius 2 is 1.88 bits per heavy atom. The van der Waals surface area contributed by atoms with Crippen molar-refractivity contribution in [2.45, 2.75) is 32.9 Å². The number of carbonyl (C=O) groups is 1. The van der Waals surface area contributed by atoms with Crippen molar-refractivity contribution in [2.24, 2.45) is 0 Å². The van der Waals surface area contributed by atoms with Crippen molar-refractivity contribution >= 4 is 29.1 Å². The van der Waals surface area contributed by atoms with Gasteiger partial charge in [0.05, 0.1) is 23.8 Å². The van der Waals surface area contributed by atoms with Gasteiger partial charge in [-0.2, -0.15) is 0 Å². The molecule has 0 aliphatic carbocycles. The topological polar surface area (TPSA) is 38.8 Å². The number of nitrogens with zero attached hydrogens (tertiary/aromatic N) is 1. The van der Waals surface area contributed by atoms with E-state index in [4.69, 9.17) is 32.7 Å². The predicted octanol–water partition coefficient (Wildman–Crippen LogP) is 4.99. The molecule has 0 saturated heterocycles. The second-order valence-corrected chi connectivity index (χ2v) is 7.30. The van der Waals surface area contributed by atoms with Gasteiger partial charge in [-0.1, -0.05) is 35.3 Å². The number of hydrogen-bond acceptors (Lipinski definition) is 3. The molecule has 0 fully saturated rings. The molecule has 0 bridgehead atoms. The van der Waals surface area contributed by atoms with E-state index in [0.717, 1.165) is 16.9 Å². The van der Waals surface area contributed by atoms with Gasteiger partial charge >= 0.3 is 0 Å². The van der Waals surface area contributed by atoms with Crippen molar-refractivity contribution in [3.05, 3.63) is 57.1 Å². The van der Waals surface area contributed by atoms with Crippen LogP contribution in [0.5, 0.6) is 11.5 Å². The summed E-state index contributed by atoms with van der Waals surface area (Å²) in [6.07, 6.45) is 0.605. The maximum absolute atomic E-state index is 13.1. The van der Waals surface area contributed by atoms with E-state index in [1.807, 2.05) is 38.1 Å². The zero-order valence-corrected chi connectivity index (χ0v) is 16.5. The summed E-state index contributed by atoms with van der Waals surface area (Å²) in [4.78, 5) is 14.8. The molecule has 138 valence electrons. The maximum Gasteiger partial charge on any atom is 0.256 e. The van der Waals surface area contributed by atoms with Gasteiger partial charge in [0.25, 0.3) is 5.91 Å². The Hall–Kier alpha value is -1.91. The van der Waals surface area contributed by atoms with E-state index in [9.17, 15) is 4.79 Å². The zero-order valence-electron chi connectivity index (χ0n) is 15.0. The molecule has 0 aromatic heterocycles. The van der Waals surface area contributed by atoms with Crippen molar-refractivity contribution in [1.29, 1.82) is 0 Å². The Morgan fingerprint density at radius 3 is 2.50 bits per heavy atom. The second-order valence-electron chi connectivity index (χ2n) is 6.52. The fourth-order valence-corrected chi connectivity index (χ4v) is 3.64. The molecule has 6 heteroatoms. The first-order chi connectivity index (χ1) is 12.4. The number of rotatable bonds is 5. The quantitative estimate of drug-likeness (QED) is 0.718. The van der Waals surface area contributed by atoms with Crippen molar-refractivity contribution < 1.29 is 14.3 Å². The summed E-state index contributed by atoms with van der Waals surface area (Å²) in [7, 11) is 1.63. The lowest BCUT2D eigenvalue weighted by Gasteiger charge is -2.30. The monoisotopic (exact) mass is 393 g/mol. The van der Waals surface area contributed by atoms with Gasteiger partial charge in [-0.3, -0.25) is 4.79 Å². The Labute approximate surface area is 163 Å². The van der Waals surface area contributed by atoms with Crippen LogP contribution in [0.3, 0.4) is 0 Å².